The van der Waals surface area contributed by atoms with Gasteiger partial charge in [0.15, 0.2) is 0 Å². The van der Waals surface area contributed by atoms with Gasteiger partial charge in [0.2, 0.25) is 0 Å². The third-order valence-corrected chi connectivity index (χ3v) is 2.87. The predicted molar refractivity (Wildman–Crippen MR) is 66.6 cm³/mol. The van der Waals surface area contributed by atoms with E-state index in [0.29, 0.717) is 13.2 Å². The lowest BCUT2D eigenvalue weighted by Crippen LogP contribution is -2.34. The summed E-state index contributed by atoms with van der Waals surface area (Å²) in [5.74, 6) is 0.951. The van der Waals surface area contributed by atoms with Gasteiger partial charge in [0.25, 0.3) is 0 Å². The Morgan fingerprint density at radius 1 is 1.56 bits per heavy atom. The molecule has 1 atom stereocenters. The van der Waals surface area contributed by atoms with E-state index >= 15 is 0 Å². The molecule has 0 spiro atoms. The molecule has 0 aliphatic carbocycles. The van der Waals surface area contributed by atoms with Gasteiger partial charge in [-0.2, -0.15) is 0 Å². The Morgan fingerprint density at radius 2 is 2.25 bits per heavy atom. The maximum absolute atomic E-state index is 5.77. The Hall–Kier alpha value is -1.13. The minimum absolute atomic E-state index is 0.282. The van der Waals surface area contributed by atoms with E-state index < -0.39 is 0 Å². The number of likely N-dealkylation sites (N-methyl/N-ethyl adjacent to an activating group) is 1. The fourth-order valence-corrected chi connectivity index (χ4v) is 1.69. The van der Waals surface area contributed by atoms with Gasteiger partial charge in [0.1, 0.15) is 5.82 Å². The van der Waals surface area contributed by atoms with E-state index in [0.717, 1.165) is 11.4 Å². The summed E-state index contributed by atoms with van der Waals surface area (Å²) < 4.78 is 5.15. The van der Waals surface area contributed by atoms with Gasteiger partial charge in [-0.1, -0.05) is 0 Å². The number of rotatable bonds is 5. The van der Waals surface area contributed by atoms with Crippen LogP contribution in [0.4, 0.5) is 5.82 Å². The molecule has 90 valence electrons. The zero-order valence-corrected chi connectivity index (χ0v) is 10.5. The molecule has 1 unspecified atom stereocenters. The minimum atomic E-state index is 0.282. The number of aromatic nitrogens is 1. The highest BCUT2D eigenvalue weighted by Gasteiger charge is 2.15. The summed E-state index contributed by atoms with van der Waals surface area (Å²) in [6.45, 7) is 5.35. The van der Waals surface area contributed by atoms with E-state index in [2.05, 4.69) is 23.7 Å². The molecule has 0 bridgehead atoms. The lowest BCUT2D eigenvalue weighted by molar-refractivity contribution is 0.183. The molecular weight excluding hydrogens is 202 g/mol. The highest BCUT2D eigenvalue weighted by molar-refractivity contribution is 5.50. The van der Waals surface area contributed by atoms with Crippen molar-refractivity contribution in [3.05, 3.63) is 23.4 Å². The second kappa shape index (κ2) is 5.82. The molecule has 0 amide bonds. The first kappa shape index (κ1) is 12.9. The summed E-state index contributed by atoms with van der Waals surface area (Å²) >= 11 is 0. The van der Waals surface area contributed by atoms with Gasteiger partial charge < -0.3 is 15.4 Å². The summed E-state index contributed by atoms with van der Waals surface area (Å²) in [4.78, 5) is 6.51. The van der Waals surface area contributed by atoms with Crippen molar-refractivity contribution >= 4 is 5.82 Å². The molecule has 16 heavy (non-hydrogen) atoms. The molecule has 4 nitrogen and oxygen atoms in total. The van der Waals surface area contributed by atoms with Crippen LogP contribution in [0.25, 0.3) is 0 Å². The molecule has 0 saturated heterocycles. The largest absolute Gasteiger partial charge is 0.383 e. The second-order valence-electron chi connectivity index (χ2n) is 4.05. The van der Waals surface area contributed by atoms with Crippen LogP contribution in [-0.4, -0.2) is 31.8 Å². The van der Waals surface area contributed by atoms with Crippen molar-refractivity contribution in [3.8, 4) is 0 Å². The second-order valence-corrected chi connectivity index (χ2v) is 4.05. The van der Waals surface area contributed by atoms with Crippen LogP contribution in [0, 0.1) is 6.92 Å². The van der Waals surface area contributed by atoms with E-state index in [4.69, 9.17) is 10.5 Å². The number of anilines is 1. The van der Waals surface area contributed by atoms with Crippen LogP contribution in [0.2, 0.25) is 0 Å². The topological polar surface area (TPSA) is 51.4 Å². The summed E-state index contributed by atoms with van der Waals surface area (Å²) in [6.07, 6.45) is 1.82. The first-order chi connectivity index (χ1) is 7.61. The SMILES string of the molecule is COCC(C)N(C)c1nccc(C)c1CN. The van der Waals surface area contributed by atoms with Crippen molar-refractivity contribution in [2.45, 2.75) is 26.4 Å². The summed E-state index contributed by atoms with van der Waals surface area (Å²) in [7, 11) is 3.72. The minimum Gasteiger partial charge on any atom is -0.383 e. The summed E-state index contributed by atoms with van der Waals surface area (Å²) in [5, 5.41) is 0. The van der Waals surface area contributed by atoms with Crippen LogP contribution in [0.1, 0.15) is 18.1 Å². The van der Waals surface area contributed by atoms with Crippen molar-refractivity contribution in [1.82, 2.24) is 4.98 Å². The first-order valence-electron chi connectivity index (χ1n) is 5.48. The van der Waals surface area contributed by atoms with Gasteiger partial charge in [0, 0.05) is 32.5 Å². The predicted octanol–water partition coefficient (Wildman–Crippen LogP) is 1.32. The number of aryl methyl sites for hydroxylation is 1. The smallest absolute Gasteiger partial charge is 0.133 e. The number of ether oxygens (including phenoxy) is 1. The number of hydrogen-bond acceptors (Lipinski definition) is 4. The number of hydrogen-bond donors (Lipinski definition) is 1. The van der Waals surface area contributed by atoms with Gasteiger partial charge in [-0.15, -0.1) is 0 Å². The molecule has 0 saturated carbocycles. The van der Waals surface area contributed by atoms with Crippen LogP contribution in [0.3, 0.4) is 0 Å². The summed E-state index contributed by atoms with van der Waals surface area (Å²) in [6, 6.07) is 2.27. The van der Waals surface area contributed by atoms with E-state index in [1.54, 1.807) is 7.11 Å². The molecule has 0 fully saturated rings. The lowest BCUT2D eigenvalue weighted by Gasteiger charge is -2.27. The van der Waals surface area contributed by atoms with Gasteiger partial charge in [-0.05, 0) is 25.5 Å². The maximum Gasteiger partial charge on any atom is 0.133 e. The van der Waals surface area contributed by atoms with E-state index in [1.165, 1.54) is 5.56 Å². The average Bonchev–Trinajstić information content (AvgIpc) is 2.28. The third-order valence-electron chi connectivity index (χ3n) is 2.87. The zero-order chi connectivity index (χ0) is 12.1. The van der Waals surface area contributed by atoms with Crippen LogP contribution >= 0.6 is 0 Å². The molecule has 1 rings (SSSR count). The Bertz CT molecular complexity index is 341. The number of nitrogens with two attached hydrogens (primary N) is 1. The Labute approximate surface area is 97.4 Å². The third kappa shape index (κ3) is 2.71. The number of pyridine rings is 1. The van der Waals surface area contributed by atoms with Crippen molar-refractivity contribution in [3.63, 3.8) is 0 Å². The Balaban J connectivity index is 2.98. The van der Waals surface area contributed by atoms with Gasteiger partial charge in [-0.25, -0.2) is 4.98 Å². The molecule has 1 aromatic heterocycles. The van der Waals surface area contributed by atoms with E-state index in [-0.39, 0.29) is 6.04 Å². The van der Waals surface area contributed by atoms with E-state index in [1.807, 2.05) is 19.3 Å². The Kier molecular flexibility index (Phi) is 4.71. The van der Waals surface area contributed by atoms with Crippen molar-refractivity contribution in [1.29, 1.82) is 0 Å². The molecule has 0 aromatic carbocycles. The first-order valence-corrected chi connectivity index (χ1v) is 5.48. The molecule has 1 aromatic rings. The zero-order valence-electron chi connectivity index (χ0n) is 10.5. The standard InChI is InChI=1S/C12H21N3O/c1-9-5-6-14-12(11(9)7-13)15(3)10(2)8-16-4/h5-6,10H,7-8,13H2,1-4H3. The van der Waals surface area contributed by atoms with Gasteiger partial charge >= 0.3 is 0 Å². The van der Waals surface area contributed by atoms with Crippen molar-refractivity contribution in [2.75, 3.05) is 25.7 Å². The molecule has 0 aliphatic rings. The van der Waals surface area contributed by atoms with Crippen LogP contribution < -0.4 is 10.6 Å². The van der Waals surface area contributed by atoms with Crippen molar-refractivity contribution in [2.24, 2.45) is 5.73 Å². The molecular formula is C12H21N3O. The van der Waals surface area contributed by atoms with Gasteiger partial charge in [0.05, 0.1) is 12.6 Å². The molecule has 2 N–H and O–H groups in total. The van der Waals surface area contributed by atoms with Crippen molar-refractivity contribution < 1.29 is 4.74 Å². The number of nitrogens with zero attached hydrogens (tertiary/aromatic N) is 2. The normalized spacial score (nSPS) is 12.6. The molecule has 4 heteroatoms. The van der Waals surface area contributed by atoms with Crippen LogP contribution in [-0.2, 0) is 11.3 Å². The maximum atomic E-state index is 5.77. The molecule has 0 radical (unpaired) electrons. The quantitative estimate of drug-likeness (QED) is 0.818. The average molecular weight is 223 g/mol. The van der Waals surface area contributed by atoms with Crippen LogP contribution in [0.5, 0.6) is 0 Å². The summed E-state index contributed by atoms with van der Waals surface area (Å²) in [5.41, 5.74) is 8.05. The number of methoxy groups -OCH3 is 1. The monoisotopic (exact) mass is 223 g/mol. The Morgan fingerprint density at radius 3 is 2.81 bits per heavy atom. The highest BCUT2D eigenvalue weighted by atomic mass is 16.5. The molecule has 1 heterocycles. The van der Waals surface area contributed by atoms with Gasteiger partial charge in [-0.3, -0.25) is 0 Å². The highest BCUT2D eigenvalue weighted by Crippen LogP contribution is 2.20. The van der Waals surface area contributed by atoms with Crippen LogP contribution in [0.15, 0.2) is 12.3 Å². The fourth-order valence-electron chi connectivity index (χ4n) is 1.69. The lowest BCUT2D eigenvalue weighted by atomic mass is 10.1. The molecule has 0 aliphatic heterocycles. The fraction of sp³-hybridized carbons (Fsp3) is 0.583. The van der Waals surface area contributed by atoms with E-state index in [9.17, 15) is 0 Å².